The van der Waals surface area contributed by atoms with Crippen LogP contribution in [0.2, 0.25) is 0 Å². The number of aliphatic hydroxyl groups is 1. The summed E-state index contributed by atoms with van der Waals surface area (Å²) in [4.78, 5) is 15.8. The van der Waals surface area contributed by atoms with Crippen LogP contribution in [0.1, 0.15) is 25.7 Å². The summed E-state index contributed by atoms with van der Waals surface area (Å²) in [6, 6.07) is 6.44. The van der Waals surface area contributed by atoms with Crippen LogP contribution in [0.5, 0.6) is 0 Å². The van der Waals surface area contributed by atoms with Crippen molar-refractivity contribution in [2.75, 3.05) is 54.5 Å². The maximum absolute atomic E-state index is 9.49. The van der Waals surface area contributed by atoms with Crippen LogP contribution >= 0.6 is 0 Å². The number of aliphatic hydroxyl groups excluding tert-OH is 1. The van der Waals surface area contributed by atoms with Gasteiger partial charge in [-0.25, -0.2) is 9.97 Å². The lowest BCUT2D eigenvalue weighted by Crippen LogP contribution is -2.40. The molecule has 0 amide bonds. The van der Waals surface area contributed by atoms with Crippen molar-refractivity contribution in [3.8, 4) is 0 Å². The van der Waals surface area contributed by atoms with Gasteiger partial charge in [-0.3, -0.25) is 0 Å². The van der Waals surface area contributed by atoms with Crippen LogP contribution in [0.4, 0.5) is 17.5 Å². The third kappa shape index (κ3) is 4.16. The lowest BCUT2D eigenvalue weighted by Gasteiger charge is -2.33. The molecule has 0 spiro atoms. The quantitative estimate of drug-likeness (QED) is 0.805. The van der Waals surface area contributed by atoms with Gasteiger partial charge in [0.2, 0.25) is 0 Å². The van der Waals surface area contributed by atoms with Crippen LogP contribution in [-0.4, -0.2) is 71.1 Å². The summed E-state index contributed by atoms with van der Waals surface area (Å²) in [7, 11) is 2.09. The maximum Gasteiger partial charge on any atom is 0.151 e. The molecule has 8 nitrogen and oxygen atoms in total. The first kappa shape index (κ1) is 18.9. The zero-order valence-corrected chi connectivity index (χ0v) is 16.5. The van der Waals surface area contributed by atoms with Crippen LogP contribution in [0.15, 0.2) is 30.7 Å². The number of rotatable bonds is 6. The molecule has 2 aromatic rings. The minimum Gasteiger partial charge on any atom is -0.396 e. The van der Waals surface area contributed by atoms with Gasteiger partial charge in [0.05, 0.1) is 0 Å². The molecule has 2 aromatic heterocycles. The normalized spacial score (nSPS) is 22.5. The molecule has 2 aliphatic heterocycles. The highest BCUT2D eigenvalue weighted by molar-refractivity contribution is 5.51. The lowest BCUT2D eigenvalue weighted by molar-refractivity contribution is 0.208. The highest BCUT2D eigenvalue weighted by atomic mass is 16.3. The van der Waals surface area contributed by atoms with Crippen molar-refractivity contribution in [2.24, 2.45) is 5.92 Å². The van der Waals surface area contributed by atoms with Crippen LogP contribution in [0.3, 0.4) is 0 Å². The molecule has 2 saturated heterocycles. The summed E-state index contributed by atoms with van der Waals surface area (Å²) in [5.74, 6) is 3.17. The molecule has 1 N–H and O–H groups in total. The van der Waals surface area contributed by atoms with Crippen molar-refractivity contribution in [1.29, 1.82) is 0 Å². The highest BCUT2D eigenvalue weighted by Crippen LogP contribution is 2.26. The Labute approximate surface area is 166 Å². The molecule has 4 heterocycles. The first-order chi connectivity index (χ1) is 13.7. The summed E-state index contributed by atoms with van der Waals surface area (Å²) in [6.07, 6.45) is 7.85. The predicted molar refractivity (Wildman–Crippen MR) is 110 cm³/mol. The van der Waals surface area contributed by atoms with Gasteiger partial charge < -0.3 is 19.8 Å². The fourth-order valence-electron chi connectivity index (χ4n) is 4.32. The molecule has 4 rings (SSSR count). The van der Waals surface area contributed by atoms with Crippen molar-refractivity contribution in [3.05, 3.63) is 30.7 Å². The molecule has 2 aliphatic rings. The Morgan fingerprint density at radius 3 is 2.89 bits per heavy atom. The van der Waals surface area contributed by atoms with Gasteiger partial charge in [0.15, 0.2) is 5.82 Å². The maximum atomic E-state index is 9.49. The summed E-state index contributed by atoms with van der Waals surface area (Å²) < 4.78 is 0. The summed E-state index contributed by atoms with van der Waals surface area (Å²) in [6.45, 7) is 3.99. The Morgan fingerprint density at radius 1 is 1.18 bits per heavy atom. The molecule has 8 heteroatoms. The van der Waals surface area contributed by atoms with Crippen molar-refractivity contribution >= 4 is 17.5 Å². The predicted octanol–water partition coefficient (Wildman–Crippen LogP) is 1.58. The van der Waals surface area contributed by atoms with Crippen LogP contribution in [-0.2, 0) is 0 Å². The Bertz CT molecular complexity index is 759. The summed E-state index contributed by atoms with van der Waals surface area (Å²) >= 11 is 0. The van der Waals surface area contributed by atoms with Gasteiger partial charge in [-0.15, -0.1) is 5.10 Å². The van der Waals surface area contributed by atoms with Gasteiger partial charge in [-0.05, 0) is 43.7 Å². The number of aromatic nitrogens is 4. The summed E-state index contributed by atoms with van der Waals surface area (Å²) in [5.41, 5.74) is 0. The van der Waals surface area contributed by atoms with Crippen molar-refractivity contribution < 1.29 is 5.11 Å². The third-order valence-corrected chi connectivity index (χ3v) is 5.84. The van der Waals surface area contributed by atoms with E-state index in [1.54, 1.807) is 12.5 Å². The minimum atomic E-state index is 0.244. The molecule has 0 radical (unpaired) electrons. The van der Waals surface area contributed by atoms with E-state index in [2.05, 4.69) is 48.0 Å². The topological polar surface area (TPSA) is 81.5 Å². The van der Waals surface area contributed by atoms with Crippen molar-refractivity contribution in [1.82, 2.24) is 20.2 Å². The smallest absolute Gasteiger partial charge is 0.151 e. The minimum absolute atomic E-state index is 0.244. The fraction of sp³-hybridized carbons (Fsp3) is 0.600. The first-order valence-corrected chi connectivity index (χ1v) is 10.2. The molecular formula is C20H29N7O. The Hall–Kier alpha value is -2.48. The third-order valence-electron chi connectivity index (χ3n) is 5.84. The van der Waals surface area contributed by atoms with E-state index >= 15 is 0 Å². The molecule has 0 bridgehead atoms. The van der Waals surface area contributed by atoms with E-state index in [0.717, 1.165) is 62.9 Å². The van der Waals surface area contributed by atoms with Gasteiger partial charge in [-0.1, -0.05) is 0 Å². The standard InChI is InChI=1S/C20H29N7O/c1-25(13-17-6-4-10-27(17)18-7-2-8-23-24-18)19-11-20(22-15-21-19)26-9-3-5-16(12-26)14-28/h2,7-8,11,15-17,28H,3-6,9-10,12-14H2,1H3. The van der Waals surface area contributed by atoms with E-state index in [1.165, 1.54) is 6.42 Å². The second kappa shape index (κ2) is 8.68. The molecule has 2 unspecified atom stereocenters. The van der Waals surface area contributed by atoms with E-state index in [9.17, 15) is 5.11 Å². The summed E-state index contributed by atoms with van der Waals surface area (Å²) in [5, 5.41) is 17.8. The van der Waals surface area contributed by atoms with Gasteiger partial charge in [0, 0.05) is 58.1 Å². The van der Waals surface area contributed by atoms with Crippen molar-refractivity contribution in [3.63, 3.8) is 0 Å². The van der Waals surface area contributed by atoms with Crippen LogP contribution in [0, 0.1) is 5.92 Å². The lowest BCUT2D eigenvalue weighted by atomic mass is 9.99. The van der Waals surface area contributed by atoms with E-state index in [1.807, 2.05) is 12.1 Å². The molecule has 0 saturated carbocycles. The number of piperidine rings is 1. The van der Waals surface area contributed by atoms with Crippen LogP contribution < -0.4 is 14.7 Å². The van der Waals surface area contributed by atoms with Gasteiger partial charge >= 0.3 is 0 Å². The van der Waals surface area contributed by atoms with Crippen molar-refractivity contribution in [2.45, 2.75) is 31.7 Å². The number of nitrogens with zero attached hydrogens (tertiary/aromatic N) is 7. The van der Waals surface area contributed by atoms with E-state index in [4.69, 9.17) is 0 Å². The number of anilines is 3. The second-order valence-electron chi connectivity index (χ2n) is 7.82. The zero-order valence-electron chi connectivity index (χ0n) is 16.5. The average Bonchev–Trinajstić information content (AvgIpc) is 3.22. The Morgan fingerprint density at radius 2 is 2.07 bits per heavy atom. The fourth-order valence-corrected chi connectivity index (χ4v) is 4.32. The molecule has 28 heavy (non-hydrogen) atoms. The molecular weight excluding hydrogens is 354 g/mol. The molecule has 150 valence electrons. The Kier molecular flexibility index (Phi) is 5.85. The molecule has 2 atom stereocenters. The molecule has 0 aliphatic carbocycles. The monoisotopic (exact) mass is 383 g/mol. The molecule has 2 fully saturated rings. The average molecular weight is 384 g/mol. The first-order valence-electron chi connectivity index (χ1n) is 10.2. The SMILES string of the molecule is CN(CC1CCCN1c1cccnn1)c1cc(N2CCCC(CO)C2)ncn1. The van der Waals surface area contributed by atoms with Gasteiger partial charge in [-0.2, -0.15) is 5.10 Å². The molecule has 0 aromatic carbocycles. The zero-order chi connectivity index (χ0) is 19.3. The second-order valence-corrected chi connectivity index (χ2v) is 7.82. The highest BCUT2D eigenvalue weighted by Gasteiger charge is 2.27. The Balaban J connectivity index is 1.44. The number of hydrogen-bond acceptors (Lipinski definition) is 8. The largest absolute Gasteiger partial charge is 0.396 e. The van der Waals surface area contributed by atoms with E-state index in [-0.39, 0.29) is 6.61 Å². The number of likely N-dealkylation sites (N-methyl/N-ethyl adjacent to an activating group) is 1. The van der Waals surface area contributed by atoms with E-state index in [0.29, 0.717) is 12.0 Å². The van der Waals surface area contributed by atoms with E-state index < -0.39 is 0 Å². The van der Waals surface area contributed by atoms with Gasteiger partial charge in [0.1, 0.15) is 18.0 Å². The van der Waals surface area contributed by atoms with Crippen LogP contribution in [0.25, 0.3) is 0 Å². The van der Waals surface area contributed by atoms with Gasteiger partial charge in [0.25, 0.3) is 0 Å². The number of hydrogen-bond donors (Lipinski definition) is 1.